The van der Waals surface area contributed by atoms with Crippen LogP contribution in [-0.4, -0.2) is 10.1 Å². The van der Waals surface area contributed by atoms with E-state index in [0.29, 0.717) is 16.6 Å². The van der Waals surface area contributed by atoms with E-state index in [2.05, 4.69) is 4.98 Å². The lowest BCUT2D eigenvalue weighted by Gasteiger charge is -2.13. The molecule has 1 N–H and O–H groups in total. The molecule has 25 heavy (non-hydrogen) atoms. The molecule has 124 valence electrons. The van der Waals surface area contributed by atoms with Crippen molar-refractivity contribution in [1.29, 1.82) is 0 Å². The minimum Gasteiger partial charge on any atom is -0.507 e. The summed E-state index contributed by atoms with van der Waals surface area (Å²) in [5, 5.41) is 13.6. The maximum Gasteiger partial charge on any atom is 0.133 e. The zero-order valence-electron chi connectivity index (χ0n) is 14.1. The predicted octanol–water partition coefficient (Wildman–Crippen LogP) is 6.02. The Bertz CT molecular complexity index is 1100. The summed E-state index contributed by atoms with van der Waals surface area (Å²) in [6, 6.07) is 16.7. The number of hydrogen-bond donors (Lipinski definition) is 1. The van der Waals surface area contributed by atoms with E-state index in [-0.39, 0.29) is 17.5 Å². The Labute approximate surface area is 145 Å². The molecule has 0 atom stereocenters. The molecule has 0 saturated heterocycles. The molecule has 3 aromatic carbocycles. The third kappa shape index (κ3) is 2.62. The van der Waals surface area contributed by atoms with Crippen molar-refractivity contribution in [2.75, 3.05) is 0 Å². The first-order valence-corrected chi connectivity index (χ1v) is 8.35. The van der Waals surface area contributed by atoms with Crippen molar-refractivity contribution in [3.8, 4) is 17.0 Å². The fourth-order valence-electron chi connectivity index (χ4n) is 3.24. The number of phenolic OH excluding ortho intramolecular Hbond substituents is 1. The maximum atomic E-state index is 14.9. The average Bonchev–Trinajstić information content (AvgIpc) is 2.60. The second-order valence-electron chi connectivity index (χ2n) is 6.63. The summed E-state index contributed by atoms with van der Waals surface area (Å²) in [4.78, 5) is 4.38. The van der Waals surface area contributed by atoms with Crippen molar-refractivity contribution >= 4 is 21.5 Å². The lowest BCUT2D eigenvalue weighted by atomic mass is 9.95. The Morgan fingerprint density at radius 3 is 2.36 bits per heavy atom. The van der Waals surface area contributed by atoms with Crippen LogP contribution in [0.2, 0.25) is 0 Å². The third-order valence-electron chi connectivity index (χ3n) is 4.62. The molecule has 0 spiro atoms. The maximum absolute atomic E-state index is 14.9. The van der Waals surface area contributed by atoms with E-state index in [1.165, 1.54) is 0 Å². The molecule has 0 aliphatic rings. The van der Waals surface area contributed by atoms with Crippen LogP contribution in [0.3, 0.4) is 0 Å². The van der Waals surface area contributed by atoms with Crippen LogP contribution < -0.4 is 0 Å². The van der Waals surface area contributed by atoms with Crippen LogP contribution in [-0.2, 0) is 0 Å². The highest BCUT2D eigenvalue weighted by atomic mass is 19.1. The standard InChI is InChI=1S/C22H18FNO/c1-13(2)17-9-16-7-8-24-22(21(16)19(23)11-17)18-10-14-5-3-4-6-15(14)12-20(18)25/h3-13,25H,1-2H3. The molecule has 0 fully saturated rings. The summed E-state index contributed by atoms with van der Waals surface area (Å²) in [7, 11) is 0. The van der Waals surface area contributed by atoms with Gasteiger partial charge in [-0.25, -0.2) is 4.39 Å². The van der Waals surface area contributed by atoms with Crippen LogP contribution >= 0.6 is 0 Å². The molecule has 1 aromatic heterocycles. The molecule has 2 nitrogen and oxygen atoms in total. The summed E-state index contributed by atoms with van der Waals surface area (Å²) in [6.45, 7) is 4.08. The average molecular weight is 331 g/mol. The van der Waals surface area contributed by atoms with Crippen LogP contribution in [0, 0.1) is 5.82 Å². The van der Waals surface area contributed by atoms with Crippen LogP contribution in [0.25, 0.3) is 32.8 Å². The Balaban J connectivity index is 2.03. The molecule has 0 saturated carbocycles. The van der Waals surface area contributed by atoms with Gasteiger partial charge in [-0.15, -0.1) is 0 Å². The van der Waals surface area contributed by atoms with Crippen LogP contribution in [0.1, 0.15) is 25.3 Å². The number of rotatable bonds is 2. The largest absolute Gasteiger partial charge is 0.507 e. The van der Waals surface area contributed by atoms with Gasteiger partial charge >= 0.3 is 0 Å². The molecule has 0 radical (unpaired) electrons. The first-order valence-electron chi connectivity index (χ1n) is 8.35. The van der Waals surface area contributed by atoms with Gasteiger partial charge in [0.15, 0.2) is 0 Å². The molecular formula is C22H18FNO. The number of pyridine rings is 1. The van der Waals surface area contributed by atoms with Gasteiger partial charge in [-0.2, -0.15) is 0 Å². The molecule has 0 unspecified atom stereocenters. The molecule has 0 aliphatic heterocycles. The zero-order chi connectivity index (χ0) is 17.6. The Hall–Kier alpha value is -2.94. The number of benzene rings is 3. The first-order chi connectivity index (χ1) is 12.0. The number of aromatic nitrogens is 1. The predicted molar refractivity (Wildman–Crippen MR) is 100 cm³/mol. The fourth-order valence-corrected chi connectivity index (χ4v) is 3.24. The van der Waals surface area contributed by atoms with Crippen LogP contribution in [0.4, 0.5) is 4.39 Å². The Kier molecular flexibility index (Phi) is 3.65. The molecule has 0 amide bonds. The summed E-state index contributed by atoms with van der Waals surface area (Å²) >= 11 is 0. The van der Waals surface area contributed by atoms with Crippen molar-refractivity contribution in [2.45, 2.75) is 19.8 Å². The van der Waals surface area contributed by atoms with Gasteiger partial charge in [-0.3, -0.25) is 4.98 Å². The van der Waals surface area contributed by atoms with E-state index in [4.69, 9.17) is 0 Å². The normalized spacial score (nSPS) is 11.5. The van der Waals surface area contributed by atoms with Gasteiger partial charge in [0, 0.05) is 17.1 Å². The molecule has 0 aliphatic carbocycles. The second kappa shape index (κ2) is 5.85. The first kappa shape index (κ1) is 15.6. The van der Waals surface area contributed by atoms with Gasteiger partial charge in [0.1, 0.15) is 11.6 Å². The van der Waals surface area contributed by atoms with E-state index < -0.39 is 0 Å². The summed E-state index contributed by atoms with van der Waals surface area (Å²) < 4.78 is 14.9. The number of aromatic hydroxyl groups is 1. The van der Waals surface area contributed by atoms with Crippen molar-refractivity contribution in [1.82, 2.24) is 4.98 Å². The molecule has 4 rings (SSSR count). The SMILES string of the molecule is CC(C)c1cc(F)c2c(-c3cc4ccccc4cc3O)nccc2c1. The van der Waals surface area contributed by atoms with E-state index in [1.54, 1.807) is 18.3 Å². The van der Waals surface area contributed by atoms with Gasteiger partial charge in [0.05, 0.1) is 5.69 Å². The number of fused-ring (bicyclic) bond motifs is 2. The van der Waals surface area contributed by atoms with Crippen molar-refractivity contribution < 1.29 is 9.50 Å². The molecule has 4 aromatic rings. The smallest absolute Gasteiger partial charge is 0.133 e. The van der Waals surface area contributed by atoms with Crippen molar-refractivity contribution in [2.24, 2.45) is 0 Å². The van der Waals surface area contributed by atoms with Crippen LogP contribution in [0.5, 0.6) is 5.75 Å². The highest BCUT2D eigenvalue weighted by Crippen LogP contribution is 2.37. The number of phenols is 1. The van der Waals surface area contributed by atoms with Gasteiger partial charge in [-0.05, 0) is 51.9 Å². The highest BCUT2D eigenvalue weighted by molar-refractivity contribution is 5.99. The van der Waals surface area contributed by atoms with Crippen LogP contribution in [0.15, 0.2) is 60.8 Å². The number of nitrogens with zero attached hydrogens (tertiary/aromatic N) is 1. The summed E-state index contributed by atoms with van der Waals surface area (Å²) in [6.07, 6.45) is 1.66. The minimum absolute atomic E-state index is 0.103. The van der Waals surface area contributed by atoms with E-state index in [1.807, 2.05) is 56.3 Å². The fraction of sp³-hybridized carbons (Fsp3) is 0.136. The minimum atomic E-state index is -0.308. The molecular weight excluding hydrogens is 313 g/mol. The lowest BCUT2D eigenvalue weighted by Crippen LogP contribution is -1.94. The second-order valence-corrected chi connectivity index (χ2v) is 6.63. The summed E-state index contributed by atoms with van der Waals surface area (Å²) in [5.41, 5.74) is 1.96. The quantitative estimate of drug-likeness (QED) is 0.487. The van der Waals surface area contributed by atoms with Gasteiger partial charge < -0.3 is 5.11 Å². The monoisotopic (exact) mass is 331 g/mol. The number of hydrogen-bond acceptors (Lipinski definition) is 2. The van der Waals surface area contributed by atoms with Gasteiger partial charge in [-0.1, -0.05) is 44.2 Å². The van der Waals surface area contributed by atoms with E-state index >= 15 is 0 Å². The molecule has 3 heteroatoms. The Morgan fingerprint density at radius 2 is 1.64 bits per heavy atom. The topological polar surface area (TPSA) is 33.1 Å². The van der Waals surface area contributed by atoms with Crippen molar-refractivity contribution in [3.63, 3.8) is 0 Å². The molecule has 0 bridgehead atoms. The van der Waals surface area contributed by atoms with E-state index in [9.17, 15) is 9.50 Å². The Morgan fingerprint density at radius 1 is 0.920 bits per heavy atom. The highest BCUT2D eigenvalue weighted by Gasteiger charge is 2.16. The van der Waals surface area contributed by atoms with E-state index in [0.717, 1.165) is 21.7 Å². The van der Waals surface area contributed by atoms with Gasteiger partial charge in [0.25, 0.3) is 0 Å². The summed E-state index contributed by atoms with van der Waals surface area (Å²) in [5.74, 6) is 0.0347. The number of halogens is 1. The van der Waals surface area contributed by atoms with Crippen molar-refractivity contribution in [3.05, 3.63) is 72.2 Å². The molecule has 1 heterocycles. The van der Waals surface area contributed by atoms with Gasteiger partial charge in [0.2, 0.25) is 0 Å². The lowest BCUT2D eigenvalue weighted by molar-refractivity contribution is 0.478. The zero-order valence-corrected chi connectivity index (χ0v) is 14.1. The third-order valence-corrected chi connectivity index (χ3v) is 4.62.